The smallest absolute Gasteiger partial charge is 0.306 e. The van der Waals surface area contributed by atoms with Crippen molar-refractivity contribution in [3.05, 3.63) is 12.2 Å². The minimum absolute atomic E-state index is 0.00186. The van der Waals surface area contributed by atoms with Crippen LogP contribution in [0.1, 0.15) is 207 Å². The lowest BCUT2D eigenvalue weighted by Crippen LogP contribution is -2.50. The molecule has 2 unspecified atom stereocenters. The van der Waals surface area contributed by atoms with Crippen LogP contribution in [-0.4, -0.2) is 78.7 Å². The molecule has 55 heavy (non-hydrogen) atoms. The van der Waals surface area contributed by atoms with Crippen molar-refractivity contribution in [1.29, 1.82) is 0 Å². The lowest BCUT2D eigenvalue weighted by atomic mass is 10.0. The fourth-order valence-electron chi connectivity index (χ4n) is 6.56. The summed E-state index contributed by atoms with van der Waals surface area (Å²) in [6.45, 7) is 5.43. The maximum atomic E-state index is 13.1. The fourth-order valence-corrected chi connectivity index (χ4v) is 8.03. The number of hydrogen-bond donors (Lipinski definition) is 2. The Morgan fingerprint density at radius 2 is 1.04 bits per heavy atom. The first-order chi connectivity index (χ1) is 26.4. The largest absolute Gasteiger partial charge is 0.774 e. The molecule has 0 aliphatic heterocycles. The zero-order valence-corrected chi connectivity index (χ0v) is 37.1. The standard InChI is InChI=1S/C44H86NO9P/c1-6-8-10-12-14-16-18-20-21-23-24-26-28-30-32-34-43(48)52-38-41(39-53-55(50,51)40(3)45(4,5)37-36-42(46)47)54-44(49)35-33-31-29-27-25-22-19-17-15-13-11-9-7-2/h25,27,40-42,46-47H,6-24,26,28-39H2,1-5H3/b27-25-/t40?,41-/m1/s1. The molecule has 0 fully saturated rings. The highest BCUT2D eigenvalue weighted by Crippen LogP contribution is 2.46. The molecular weight excluding hydrogens is 717 g/mol. The first-order valence-electron chi connectivity index (χ1n) is 22.5. The molecule has 0 radical (unpaired) electrons. The lowest BCUT2D eigenvalue weighted by Gasteiger charge is -2.42. The van der Waals surface area contributed by atoms with Gasteiger partial charge in [-0.05, 0) is 45.4 Å². The van der Waals surface area contributed by atoms with Crippen molar-refractivity contribution in [3.63, 3.8) is 0 Å². The third-order valence-corrected chi connectivity index (χ3v) is 12.8. The summed E-state index contributed by atoms with van der Waals surface area (Å²) in [5.74, 6) is -1.90. The Hall–Kier alpha value is -1.29. The second kappa shape index (κ2) is 35.8. The molecule has 10 nitrogen and oxygen atoms in total. The molecule has 0 rings (SSSR count). The average molecular weight is 804 g/mol. The number of aliphatic hydroxyl groups excluding tert-OH is 1. The van der Waals surface area contributed by atoms with Gasteiger partial charge in [0.25, 0.3) is 0 Å². The van der Waals surface area contributed by atoms with Gasteiger partial charge < -0.3 is 38.2 Å². The van der Waals surface area contributed by atoms with Crippen molar-refractivity contribution in [2.24, 2.45) is 0 Å². The summed E-state index contributed by atoms with van der Waals surface area (Å²) < 4.78 is 29.5. The van der Waals surface area contributed by atoms with Crippen LogP contribution < -0.4 is 4.89 Å². The summed E-state index contributed by atoms with van der Waals surface area (Å²) in [6.07, 6.45) is 33.2. The van der Waals surface area contributed by atoms with E-state index in [9.17, 15) is 29.3 Å². The van der Waals surface area contributed by atoms with Gasteiger partial charge in [0.1, 0.15) is 12.4 Å². The van der Waals surface area contributed by atoms with E-state index in [0.29, 0.717) is 12.8 Å². The number of quaternary nitrogens is 1. The Morgan fingerprint density at radius 3 is 1.51 bits per heavy atom. The number of hydrogen-bond acceptors (Lipinski definition) is 9. The van der Waals surface area contributed by atoms with Gasteiger partial charge in [0.05, 0.1) is 27.2 Å². The molecule has 11 heteroatoms. The van der Waals surface area contributed by atoms with E-state index in [-0.39, 0.29) is 36.9 Å². The minimum Gasteiger partial charge on any atom is -0.774 e. The number of esters is 2. The summed E-state index contributed by atoms with van der Waals surface area (Å²) in [5, 5.41) is 18.5. The number of unbranched alkanes of at least 4 members (excludes halogenated alkanes) is 23. The molecule has 0 aromatic carbocycles. The zero-order valence-electron chi connectivity index (χ0n) is 36.2. The van der Waals surface area contributed by atoms with E-state index in [4.69, 9.17) is 14.0 Å². The van der Waals surface area contributed by atoms with Crippen LogP contribution in [0.25, 0.3) is 0 Å². The van der Waals surface area contributed by atoms with Gasteiger partial charge >= 0.3 is 11.9 Å². The predicted octanol–water partition coefficient (Wildman–Crippen LogP) is 10.7. The van der Waals surface area contributed by atoms with Gasteiger partial charge in [0.15, 0.2) is 20.0 Å². The van der Waals surface area contributed by atoms with E-state index < -0.39 is 44.3 Å². The molecule has 0 amide bonds. The molecule has 3 atom stereocenters. The average Bonchev–Trinajstić information content (AvgIpc) is 3.15. The van der Waals surface area contributed by atoms with Crippen LogP contribution in [0, 0.1) is 0 Å². The van der Waals surface area contributed by atoms with Crippen molar-refractivity contribution < 1.29 is 47.7 Å². The molecule has 0 aromatic heterocycles. The van der Waals surface area contributed by atoms with Crippen LogP contribution in [0.4, 0.5) is 0 Å². The van der Waals surface area contributed by atoms with Gasteiger partial charge in [0, 0.05) is 19.3 Å². The van der Waals surface area contributed by atoms with Crippen LogP contribution in [0.2, 0.25) is 0 Å². The van der Waals surface area contributed by atoms with E-state index in [2.05, 4.69) is 26.0 Å². The molecule has 0 aromatic rings. The Morgan fingerprint density at radius 1 is 0.636 bits per heavy atom. The van der Waals surface area contributed by atoms with E-state index in [0.717, 1.165) is 32.1 Å². The van der Waals surface area contributed by atoms with Gasteiger partial charge in [-0.3, -0.25) is 9.59 Å². The molecule has 0 bridgehead atoms. The van der Waals surface area contributed by atoms with Crippen LogP contribution in [-0.2, 0) is 28.2 Å². The molecule has 0 saturated carbocycles. The van der Waals surface area contributed by atoms with Crippen LogP contribution in [0.3, 0.4) is 0 Å². The molecule has 0 saturated heterocycles. The predicted molar refractivity (Wildman–Crippen MR) is 223 cm³/mol. The third-order valence-electron chi connectivity index (χ3n) is 10.7. The van der Waals surface area contributed by atoms with Gasteiger partial charge in [-0.25, -0.2) is 0 Å². The number of nitrogens with zero attached hydrogens (tertiary/aromatic N) is 1. The lowest BCUT2D eigenvalue weighted by molar-refractivity contribution is -0.902. The number of rotatable bonds is 40. The second-order valence-electron chi connectivity index (χ2n) is 16.4. The molecule has 0 heterocycles. The fraction of sp³-hybridized carbons (Fsp3) is 0.909. The number of carbonyl (C=O) groups is 2. The minimum atomic E-state index is -4.49. The topological polar surface area (TPSA) is 142 Å². The molecule has 2 N–H and O–H groups in total. The molecule has 326 valence electrons. The van der Waals surface area contributed by atoms with Crippen molar-refractivity contribution in [2.45, 2.75) is 225 Å². The summed E-state index contributed by atoms with van der Waals surface area (Å²) >= 11 is 0. The maximum Gasteiger partial charge on any atom is 0.306 e. The van der Waals surface area contributed by atoms with Crippen LogP contribution in [0.5, 0.6) is 0 Å². The van der Waals surface area contributed by atoms with E-state index in [1.165, 1.54) is 129 Å². The second-order valence-corrected chi connectivity index (χ2v) is 18.4. The summed E-state index contributed by atoms with van der Waals surface area (Å²) in [7, 11) is -1.15. The van der Waals surface area contributed by atoms with Gasteiger partial charge in [-0.15, -0.1) is 0 Å². The van der Waals surface area contributed by atoms with E-state index in [1.54, 1.807) is 14.1 Å². The van der Waals surface area contributed by atoms with Crippen molar-refractivity contribution in [3.8, 4) is 0 Å². The summed E-state index contributed by atoms with van der Waals surface area (Å²) in [5.41, 5.74) is 0. The summed E-state index contributed by atoms with van der Waals surface area (Å²) in [4.78, 5) is 38.5. The van der Waals surface area contributed by atoms with Crippen LogP contribution in [0.15, 0.2) is 12.2 Å². The highest BCUT2D eigenvalue weighted by Gasteiger charge is 2.35. The normalized spacial score (nSPS) is 14.3. The zero-order chi connectivity index (χ0) is 41.0. The van der Waals surface area contributed by atoms with Gasteiger partial charge in [-0.2, -0.15) is 0 Å². The molecular formula is C44H86NO9P. The Balaban J connectivity index is 4.64. The Kier molecular flexibility index (Phi) is 35.0. The van der Waals surface area contributed by atoms with Crippen LogP contribution >= 0.6 is 7.60 Å². The Bertz CT molecular complexity index is 990. The number of ether oxygens (including phenoxy) is 2. The summed E-state index contributed by atoms with van der Waals surface area (Å²) in [6, 6.07) is 0. The van der Waals surface area contributed by atoms with E-state index in [1.807, 2.05) is 0 Å². The number of aliphatic hydroxyl groups is 2. The quantitative estimate of drug-likeness (QED) is 0.0155. The third kappa shape index (κ3) is 33.4. The van der Waals surface area contributed by atoms with Crippen molar-refractivity contribution in [1.82, 2.24) is 0 Å². The number of allylic oxidation sites excluding steroid dienone is 2. The highest BCUT2D eigenvalue weighted by molar-refractivity contribution is 7.51. The first-order valence-corrected chi connectivity index (χ1v) is 24.1. The van der Waals surface area contributed by atoms with Crippen molar-refractivity contribution in [2.75, 3.05) is 33.9 Å². The first kappa shape index (κ1) is 53.7. The number of carbonyl (C=O) groups excluding carboxylic acids is 2. The van der Waals surface area contributed by atoms with Crippen molar-refractivity contribution >= 4 is 19.5 Å². The van der Waals surface area contributed by atoms with E-state index >= 15 is 0 Å². The molecule has 0 aliphatic carbocycles. The maximum absolute atomic E-state index is 13.1. The molecule has 0 spiro atoms. The molecule has 0 aliphatic rings. The van der Waals surface area contributed by atoms with Gasteiger partial charge in [-0.1, -0.05) is 154 Å². The van der Waals surface area contributed by atoms with Gasteiger partial charge in [0.2, 0.25) is 0 Å². The Labute approximate surface area is 337 Å². The highest BCUT2D eigenvalue weighted by atomic mass is 31.2. The monoisotopic (exact) mass is 804 g/mol. The SMILES string of the molecule is CCCCCCCCC/C=C\CCCCC(=O)O[C@H](COC(=O)CCCCCCCCCCCCCCCCC)COP(=O)([O-])C(C)[N+](C)(C)CCC(O)O.